The highest BCUT2D eigenvalue weighted by Crippen LogP contribution is 2.41. The van der Waals surface area contributed by atoms with Gasteiger partial charge in [-0.2, -0.15) is 4.98 Å². The van der Waals surface area contributed by atoms with Gasteiger partial charge in [-0.05, 0) is 129 Å². The number of aliphatic hydroxyl groups is 1. The third kappa shape index (κ3) is 10.4. The van der Waals surface area contributed by atoms with Gasteiger partial charge in [-0.3, -0.25) is 19.5 Å². The number of hydrogen-bond acceptors (Lipinski definition) is 16. The molecule has 0 radical (unpaired) electrons. The molecule has 17 nitrogen and oxygen atoms in total. The number of carbonyl (C=O) groups excluding carboxylic acids is 2. The highest BCUT2D eigenvalue weighted by molar-refractivity contribution is 7.13. The number of pyridine rings is 1. The van der Waals surface area contributed by atoms with Crippen molar-refractivity contribution in [2.75, 3.05) is 73.6 Å². The molecule has 0 spiro atoms. The molecule has 6 aliphatic rings. The molecule has 6 aliphatic heterocycles. The smallest absolute Gasteiger partial charge is 0.243 e. The zero-order chi connectivity index (χ0) is 56.5. The summed E-state index contributed by atoms with van der Waals surface area (Å²) in [7, 11) is 0. The number of hydrogen-bond donors (Lipinski definition) is 4. The summed E-state index contributed by atoms with van der Waals surface area (Å²) in [6.07, 6.45) is 8.48. The SMILES string of the molecule is CCc1cccc2cc(O)cc(-c3ncc4c(N5CC6CCC(C5)N6)nc(N5CC[C@@H](N6CCC(CC7CN(c8cc([C@@H](C(=O)N9C[C@H](O)C[C@H]9C(=O)N[C@@H](C)c9ccc(-c%10scnc%10C)cc9)C(C)C)on8)C7)CC6)C5)nc4c3F)c12. The number of nitrogens with one attached hydrogen (secondary N) is 2. The first kappa shape index (κ1) is 54.4. The maximum absolute atomic E-state index is 17.4. The fraction of sp³-hybridized carbons (Fsp3) is 0.508. The van der Waals surface area contributed by atoms with E-state index in [0.717, 1.165) is 147 Å². The van der Waals surface area contributed by atoms with Gasteiger partial charge in [-0.25, -0.2) is 14.4 Å². The molecule has 6 fully saturated rings. The van der Waals surface area contributed by atoms with E-state index in [4.69, 9.17) is 19.5 Å². The summed E-state index contributed by atoms with van der Waals surface area (Å²) < 4.78 is 23.4. The predicted octanol–water partition coefficient (Wildman–Crippen LogP) is 9.01. The number of phenolic OH excluding ortho intramolecular Hbond substituents is 1. The first-order valence-electron chi connectivity index (χ1n) is 29.9. The minimum absolute atomic E-state index is 0.0668. The lowest BCUT2D eigenvalue weighted by Gasteiger charge is -2.43. The number of rotatable bonds is 15. The van der Waals surface area contributed by atoms with Gasteiger partial charge < -0.3 is 45.0 Å². The van der Waals surface area contributed by atoms with Crippen molar-refractivity contribution in [2.24, 2.45) is 17.8 Å². The summed E-state index contributed by atoms with van der Waals surface area (Å²) in [6, 6.07) is 19.3. The number of aryl methyl sites for hydroxylation is 2. The first-order chi connectivity index (χ1) is 39.7. The molecule has 4 aromatic heterocycles. The molecule has 10 heterocycles. The van der Waals surface area contributed by atoms with Crippen molar-refractivity contribution in [1.29, 1.82) is 0 Å². The van der Waals surface area contributed by atoms with Crippen LogP contribution >= 0.6 is 11.3 Å². The first-order valence-corrected chi connectivity index (χ1v) is 30.7. The number of piperazine rings is 1. The Morgan fingerprint density at radius 2 is 1.66 bits per heavy atom. The van der Waals surface area contributed by atoms with Crippen molar-refractivity contribution in [1.82, 2.24) is 45.5 Å². The molecule has 7 aromatic rings. The van der Waals surface area contributed by atoms with Gasteiger partial charge in [0.2, 0.25) is 17.8 Å². The Kier molecular flexibility index (Phi) is 14.9. The third-order valence-corrected chi connectivity index (χ3v) is 19.8. The van der Waals surface area contributed by atoms with Crippen LogP contribution in [-0.2, 0) is 16.0 Å². The summed E-state index contributed by atoms with van der Waals surface area (Å²) in [4.78, 5) is 59.9. The van der Waals surface area contributed by atoms with Crippen molar-refractivity contribution in [3.63, 3.8) is 0 Å². The summed E-state index contributed by atoms with van der Waals surface area (Å²) in [5, 5.41) is 35.4. The highest BCUT2D eigenvalue weighted by atomic mass is 32.1. The number of halogens is 1. The van der Waals surface area contributed by atoms with Crippen molar-refractivity contribution in [3.8, 4) is 27.4 Å². The number of likely N-dealkylation sites (tertiary alicyclic amines) is 2. The summed E-state index contributed by atoms with van der Waals surface area (Å²) >= 11 is 1.60. The van der Waals surface area contributed by atoms with Gasteiger partial charge in [0.05, 0.1) is 33.6 Å². The minimum Gasteiger partial charge on any atom is -0.508 e. The molecule has 0 saturated carbocycles. The summed E-state index contributed by atoms with van der Waals surface area (Å²) in [5.41, 5.74) is 6.92. The summed E-state index contributed by atoms with van der Waals surface area (Å²) in [6.45, 7) is 17.0. The molecular weight excluding hydrogens is 1060 g/mol. The van der Waals surface area contributed by atoms with E-state index < -0.39 is 23.9 Å². The van der Waals surface area contributed by atoms with Crippen LogP contribution in [0, 0.1) is 30.5 Å². The van der Waals surface area contributed by atoms with E-state index in [0.29, 0.717) is 52.6 Å². The Hall–Kier alpha value is -6.80. The lowest BCUT2D eigenvalue weighted by molar-refractivity contribution is -0.141. The third-order valence-electron chi connectivity index (χ3n) is 18.8. The maximum Gasteiger partial charge on any atom is 0.243 e. The van der Waals surface area contributed by atoms with Gasteiger partial charge >= 0.3 is 0 Å². The zero-order valence-electron chi connectivity index (χ0n) is 47.6. The number of phenols is 1. The van der Waals surface area contributed by atoms with Crippen molar-refractivity contribution in [2.45, 2.75) is 128 Å². The number of aromatic nitrogens is 5. The normalized spacial score (nSPS) is 23.4. The average molecular weight is 1130 g/mol. The van der Waals surface area contributed by atoms with Gasteiger partial charge in [0.15, 0.2) is 17.4 Å². The number of aliphatic hydroxyl groups excluding tert-OH is 1. The van der Waals surface area contributed by atoms with Gasteiger partial charge in [-0.15, -0.1) is 11.3 Å². The van der Waals surface area contributed by atoms with Gasteiger partial charge in [0.1, 0.15) is 34.7 Å². The van der Waals surface area contributed by atoms with E-state index in [1.165, 1.54) is 4.90 Å². The number of aromatic hydroxyl groups is 1. The van der Waals surface area contributed by atoms with Crippen molar-refractivity contribution in [3.05, 3.63) is 101 Å². The van der Waals surface area contributed by atoms with Crippen LogP contribution in [0.25, 0.3) is 43.4 Å². The van der Waals surface area contributed by atoms with Crippen LogP contribution in [0.3, 0.4) is 0 Å². The number of amides is 2. The quantitative estimate of drug-likeness (QED) is 0.0760. The number of piperidine rings is 1. The number of carbonyl (C=O) groups is 2. The van der Waals surface area contributed by atoms with Crippen LogP contribution in [-0.4, -0.2) is 146 Å². The fourth-order valence-electron chi connectivity index (χ4n) is 14.4. The van der Waals surface area contributed by atoms with Crippen molar-refractivity contribution < 1.29 is 28.7 Å². The molecule has 3 aromatic carbocycles. The van der Waals surface area contributed by atoms with Crippen LogP contribution in [0.4, 0.5) is 22.0 Å². The van der Waals surface area contributed by atoms with Crippen LogP contribution in [0.2, 0.25) is 0 Å². The molecule has 13 rings (SSSR count). The second-order valence-corrected chi connectivity index (χ2v) is 25.5. The van der Waals surface area contributed by atoms with Crippen LogP contribution in [0.15, 0.2) is 76.9 Å². The standard InChI is InChI=1S/C63H75FN12O5S/c1-6-40-8-7-9-43-23-47(77)24-49(55(40)43)57-56(64)58-50(27-65-57)60(75-30-44-14-15-45(31-75)68-44)70-63(69-58)73-21-18-46(32-73)72-19-16-38(17-20-72)22-39-28-74(29-39)53-26-52(81-71-53)54(35(2)3)62(80)76-33-48(78)25-51(76)61(79)67-36(4)41-10-12-42(13-11-41)59-37(5)66-34-82-59/h7-13,23-24,26-27,34-36,38-39,44-46,48,51,54,68,77-78H,6,14-22,25,28-33H2,1-5H3,(H,67,79)/t36-,44?,45?,46+,48+,51-,54-/m0/s1. The lowest BCUT2D eigenvalue weighted by Crippen LogP contribution is -2.51. The van der Waals surface area contributed by atoms with E-state index in [9.17, 15) is 19.8 Å². The van der Waals surface area contributed by atoms with Crippen LogP contribution in [0.5, 0.6) is 5.75 Å². The van der Waals surface area contributed by atoms with E-state index in [1.54, 1.807) is 29.7 Å². The Morgan fingerprint density at radius 1 is 0.878 bits per heavy atom. The van der Waals surface area contributed by atoms with Gasteiger partial charge in [0.25, 0.3) is 0 Å². The number of fused-ring (bicyclic) bond motifs is 4. The Labute approximate surface area is 482 Å². The largest absolute Gasteiger partial charge is 0.508 e. The molecular formula is C63H75FN12O5S. The molecule has 6 saturated heterocycles. The monoisotopic (exact) mass is 1130 g/mol. The molecule has 2 bridgehead atoms. The number of benzene rings is 3. The Morgan fingerprint density at radius 3 is 2.39 bits per heavy atom. The molecule has 4 N–H and O–H groups in total. The number of thiazole rings is 1. The fourth-order valence-corrected chi connectivity index (χ4v) is 15.2. The molecule has 2 unspecified atom stereocenters. The second kappa shape index (κ2) is 22.4. The van der Waals surface area contributed by atoms with Gasteiger partial charge in [-0.1, -0.05) is 68.4 Å². The van der Waals surface area contributed by atoms with Crippen LogP contribution in [0.1, 0.15) is 107 Å². The van der Waals surface area contributed by atoms with Crippen LogP contribution < -0.4 is 25.3 Å². The number of anilines is 3. The predicted molar refractivity (Wildman–Crippen MR) is 318 cm³/mol. The van der Waals surface area contributed by atoms with Crippen molar-refractivity contribution >= 4 is 62.4 Å². The zero-order valence-corrected chi connectivity index (χ0v) is 48.4. The van der Waals surface area contributed by atoms with E-state index >= 15 is 4.39 Å². The topological polar surface area (TPSA) is 192 Å². The molecule has 7 atom stereocenters. The molecule has 19 heteroatoms. The molecule has 2 amide bonds. The molecule has 0 aliphatic carbocycles. The second-order valence-electron chi connectivity index (χ2n) is 24.6. The molecule has 430 valence electrons. The number of nitrogens with zero attached hydrogens (tertiary/aromatic N) is 10. The van der Waals surface area contributed by atoms with E-state index in [2.05, 4.69) is 53.4 Å². The average Bonchev–Trinajstić information content (AvgIpc) is 4.47. The van der Waals surface area contributed by atoms with Gasteiger partial charge in [0, 0.05) is 88.2 Å². The molecule has 82 heavy (non-hydrogen) atoms. The highest BCUT2D eigenvalue weighted by Gasteiger charge is 2.45. The number of β-amino-alcohol motifs (C(OH)–C–C–N with tert-alkyl or cyclic N) is 1. The van der Waals surface area contributed by atoms with E-state index in [1.807, 2.05) is 75.7 Å². The Balaban J connectivity index is 0.626. The minimum atomic E-state index is -0.812. The summed E-state index contributed by atoms with van der Waals surface area (Å²) in [5.74, 6) is 1.90. The lowest BCUT2D eigenvalue weighted by atomic mass is 9.83. The maximum atomic E-state index is 17.4. The Bertz CT molecular complexity index is 3490. The van der Waals surface area contributed by atoms with E-state index in [-0.39, 0.29) is 53.7 Å².